The number of benzene rings is 1. The first kappa shape index (κ1) is 15.1. The molecule has 1 aromatic heterocycles. The van der Waals surface area contributed by atoms with Crippen molar-refractivity contribution in [1.29, 1.82) is 0 Å². The maximum atomic E-state index is 11.3. The van der Waals surface area contributed by atoms with Gasteiger partial charge in [0.05, 0.1) is 19.9 Å². The van der Waals surface area contributed by atoms with Gasteiger partial charge in [0.15, 0.2) is 11.5 Å². The summed E-state index contributed by atoms with van der Waals surface area (Å²) < 4.78 is 9.95. The third-order valence-electron chi connectivity index (χ3n) is 2.61. The summed E-state index contributed by atoms with van der Waals surface area (Å²) in [6.45, 7) is 2.33. The van der Waals surface area contributed by atoms with E-state index in [1.807, 2.05) is 13.0 Å². The number of hydrogen-bond acceptors (Lipinski definition) is 6. The Labute approximate surface area is 126 Å². The molecular formula is C15H15NO4S. The number of aromatic nitrogens is 1. The Hall–Kier alpha value is -2.34. The highest BCUT2D eigenvalue weighted by molar-refractivity contribution is 7.14. The Morgan fingerprint density at radius 1 is 1.43 bits per heavy atom. The molecule has 0 radical (unpaired) electrons. The fourth-order valence-electron chi connectivity index (χ4n) is 1.63. The topological polar surface area (TPSA) is 68.7 Å². The van der Waals surface area contributed by atoms with Gasteiger partial charge in [-0.05, 0) is 30.7 Å². The maximum absolute atomic E-state index is 11.3. The van der Waals surface area contributed by atoms with Crippen LogP contribution >= 0.6 is 11.3 Å². The minimum Gasteiger partial charge on any atom is -0.504 e. The van der Waals surface area contributed by atoms with E-state index in [1.54, 1.807) is 24.3 Å². The molecular weight excluding hydrogens is 290 g/mol. The smallest absolute Gasteiger partial charge is 0.349 e. The van der Waals surface area contributed by atoms with Crippen LogP contribution in [0.4, 0.5) is 0 Å². The molecule has 2 aromatic rings. The number of thiazole rings is 1. The lowest BCUT2D eigenvalue weighted by atomic mass is 10.2. The second-order valence-corrected chi connectivity index (χ2v) is 5.11. The molecule has 0 fully saturated rings. The molecule has 0 aliphatic carbocycles. The zero-order valence-electron chi connectivity index (χ0n) is 11.7. The van der Waals surface area contributed by atoms with Crippen molar-refractivity contribution >= 4 is 29.5 Å². The Balaban J connectivity index is 2.15. The van der Waals surface area contributed by atoms with Gasteiger partial charge in [-0.3, -0.25) is 0 Å². The Bertz CT molecular complexity index is 663. The first-order valence-electron chi connectivity index (χ1n) is 6.32. The van der Waals surface area contributed by atoms with E-state index in [1.165, 1.54) is 24.6 Å². The third-order valence-corrected chi connectivity index (χ3v) is 3.55. The summed E-state index contributed by atoms with van der Waals surface area (Å²) in [5.74, 6) is 0.153. The number of aromatic hydroxyl groups is 1. The summed E-state index contributed by atoms with van der Waals surface area (Å²) in [6, 6.07) is 5.08. The van der Waals surface area contributed by atoms with Crippen molar-refractivity contribution in [2.75, 3.05) is 13.7 Å². The number of phenols is 1. The molecule has 1 heterocycles. The largest absolute Gasteiger partial charge is 0.504 e. The summed E-state index contributed by atoms with van der Waals surface area (Å²) in [5.41, 5.74) is 0.867. The zero-order valence-corrected chi connectivity index (χ0v) is 12.5. The minimum atomic E-state index is -0.393. The Morgan fingerprint density at radius 2 is 2.24 bits per heavy atom. The van der Waals surface area contributed by atoms with Crippen molar-refractivity contribution in [3.05, 3.63) is 39.8 Å². The van der Waals surface area contributed by atoms with Crippen LogP contribution in [0.5, 0.6) is 11.5 Å². The molecule has 0 saturated carbocycles. The summed E-state index contributed by atoms with van der Waals surface area (Å²) in [6.07, 6.45) is 5.11. The van der Waals surface area contributed by atoms with Gasteiger partial charge < -0.3 is 14.6 Å². The van der Waals surface area contributed by atoms with E-state index in [0.29, 0.717) is 22.2 Å². The number of nitrogens with zero attached hydrogens (tertiary/aromatic N) is 1. The van der Waals surface area contributed by atoms with Gasteiger partial charge in [-0.15, -0.1) is 11.3 Å². The lowest BCUT2D eigenvalue weighted by molar-refractivity contribution is 0.0606. The average Bonchev–Trinajstić information content (AvgIpc) is 2.96. The molecule has 0 saturated heterocycles. The number of hydrogen-bond donors (Lipinski definition) is 1. The van der Waals surface area contributed by atoms with E-state index in [9.17, 15) is 9.90 Å². The van der Waals surface area contributed by atoms with Crippen molar-refractivity contribution in [2.45, 2.75) is 6.92 Å². The van der Waals surface area contributed by atoms with E-state index in [0.717, 1.165) is 5.56 Å². The van der Waals surface area contributed by atoms with Crippen LogP contribution < -0.4 is 4.74 Å². The molecule has 0 atom stereocenters. The van der Waals surface area contributed by atoms with Gasteiger partial charge in [0.25, 0.3) is 0 Å². The van der Waals surface area contributed by atoms with Crippen LogP contribution in [0.15, 0.2) is 24.4 Å². The van der Waals surface area contributed by atoms with Crippen LogP contribution in [0.1, 0.15) is 27.2 Å². The number of carbonyl (C=O) groups excluding carboxylic acids is 1. The third kappa shape index (κ3) is 3.82. The molecule has 0 aliphatic rings. The predicted octanol–water partition coefficient (Wildman–Crippen LogP) is 3.20. The molecule has 6 heteroatoms. The highest BCUT2D eigenvalue weighted by Gasteiger charge is 2.08. The van der Waals surface area contributed by atoms with Crippen molar-refractivity contribution in [3.8, 4) is 11.5 Å². The van der Waals surface area contributed by atoms with Gasteiger partial charge in [-0.1, -0.05) is 12.1 Å². The molecule has 0 bridgehead atoms. The Morgan fingerprint density at radius 3 is 2.95 bits per heavy atom. The summed E-state index contributed by atoms with van der Waals surface area (Å²) in [4.78, 5) is 15.9. The fraction of sp³-hybridized carbons (Fsp3) is 0.200. The number of rotatable bonds is 5. The first-order valence-corrected chi connectivity index (χ1v) is 7.13. The van der Waals surface area contributed by atoms with Gasteiger partial charge in [0.1, 0.15) is 9.88 Å². The normalized spacial score (nSPS) is 10.8. The van der Waals surface area contributed by atoms with Crippen LogP contribution in [0.3, 0.4) is 0 Å². The second-order valence-electron chi connectivity index (χ2n) is 4.05. The van der Waals surface area contributed by atoms with Crippen molar-refractivity contribution in [1.82, 2.24) is 4.98 Å². The molecule has 0 unspecified atom stereocenters. The van der Waals surface area contributed by atoms with E-state index in [-0.39, 0.29) is 5.75 Å². The monoisotopic (exact) mass is 305 g/mol. The van der Waals surface area contributed by atoms with Gasteiger partial charge in [0, 0.05) is 0 Å². The predicted molar refractivity (Wildman–Crippen MR) is 81.7 cm³/mol. The van der Waals surface area contributed by atoms with Crippen LogP contribution in [-0.2, 0) is 4.74 Å². The van der Waals surface area contributed by atoms with E-state index in [4.69, 9.17) is 4.74 Å². The molecule has 0 aliphatic heterocycles. The minimum absolute atomic E-state index is 0.108. The molecule has 5 nitrogen and oxygen atoms in total. The number of methoxy groups -OCH3 is 1. The average molecular weight is 305 g/mol. The molecule has 110 valence electrons. The molecule has 1 aromatic carbocycles. The van der Waals surface area contributed by atoms with Crippen LogP contribution in [0.2, 0.25) is 0 Å². The Kier molecular flexibility index (Phi) is 4.94. The van der Waals surface area contributed by atoms with E-state index >= 15 is 0 Å². The maximum Gasteiger partial charge on any atom is 0.349 e. The number of carbonyl (C=O) groups is 1. The molecule has 2 rings (SSSR count). The lowest BCUT2D eigenvalue weighted by Crippen LogP contribution is -1.96. The number of ether oxygens (including phenoxy) is 2. The highest BCUT2D eigenvalue weighted by atomic mass is 32.1. The zero-order chi connectivity index (χ0) is 15.2. The number of esters is 1. The highest BCUT2D eigenvalue weighted by Crippen LogP contribution is 2.27. The standard InChI is InChI=1S/C15H15NO4S/c1-3-20-12-8-10(4-6-11(12)17)5-7-14-16-9-13(21-14)15(18)19-2/h4-9,17H,3H2,1-2H3/b7-5+. The van der Waals surface area contributed by atoms with E-state index < -0.39 is 5.97 Å². The quantitative estimate of drug-likeness (QED) is 0.859. The summed E-state index contributed by atoms with van der Waals surface area (Å²) >= 11 is 1.25. The SMILES string of the molecule is CCOc1cc(/C=C/c2ncc(C(=O)OC)s2)ccc1O. The van der Waals surface area contributed by atoms with Crippen molar-refractivity contribution < 1.29 is 19.4 Å². The van der Waals surface area contributed by atoms with Crippen LogP contribution in [-0.4, -0.2) is 29.8 Å². The molecule has 0 spiro atoms. The van der Waals surface area contributed by atoms with Crippen LogP contribution in [0.25, 0.3) is 12.2 Å². The fourth-order valence-corrected chi connectivity index (χ4v) is 2.37. The van der Waals surface area contributed by atoms with E-state index in [2.05, 4.69) is 9.72 Å². The van der Waals surface area contributed by atoms with Crippen molar-refractivity contribution in [2.24, 2.45) is 0 Å². The van der Waals surface area contributed by atoms with Gasteiger partial charge in [-0.25, -0.2) is 9.78 Å². The molecule has 21 heavy (non-hydrogen) atoms. The second kappa shape index (κ2) is 6.90. The molecule has 0 amide bonds. The number of phenolic OH excluding ortho intramolecular Hbond substituents is 1. The molecule has 1 N–H and O–H groups in total. The summed E-state index contributed by atoms with van der Waals surface area (Å²) in [7, 11) is 1.34. The lowest BCUT2D eigenvalue weighted by Gasteiger charge is -2.05. The van der Waals surface area contributed by atoms with Gasteiger partial charge in [0.2, 0.25) is 0 Å². The first-order chi connectivity index (χ1) is 10.1. The van der Waals surface area contributed by atoms with Crippen LogP contribution in [0, 0.1) is 0 Å². The van der Waals surface area contributed by atoms with Crippen molar-refractivity contribution in [3.63, 3.8) is 0 Å². The van der Waals surface area contributed by atoms with Gasteiger partial charge >= 0.3 is 5.97 Å². The summed E-state index contributed by atoms with van der Waals surface area (Å²) in [5, 5.41) is 10.3. The van der Waals surface area contributed by atoms with Gasteiger partial charge in [-0.2, -0.15) is 0 Å².